The summed E-state index contributed by atoms with van der Waals surface area (Å²) in [5, 5.41) is 2.45. The highest BCUT2D eigenvalue weighted by Crippen LogP contribution is 2.16. The van der Waals surface area contributed by atoms with E-state index in [0.29, 0.717) is 24.5 Å². The Morgan fingerprint density at radius 3 is 2.60 bits per heavy atom. The number of nitrogens with one attached hydrogen (secondary N) is 1. The van der Waals surface area contributed by atoms with Gasteiger partial charge in [-0.15, -0.1) is 0 Å². The number of benzene rings is 2. The number of anilines is 1. The Kier molecular flexibility index (Phi) is 7.40. The maximum absolute atomic E-state index is 13.0. The molecule has 0 saturated carbocycles. The van der Waals surface area contributed by atoms with Crippen molar-refractivity contribution in [1.82, 2.24) is 0 Å². The van der Waals surface area contributed by atoms with Crippen molar-refractivity contribution in [1.29, 1.82) is 0 Å². The van der Waals surface area contributed by atoms with Crippen molar-refractivity contribution in [2.24, 2.45) is 0 Å². The van der Waals surface area contributed by atoms with Crippen molar-refractivity contribution in [2.45, 2.75) is 12.8 Å². The van der Waals surface area contributed by atoms with Gasteiger partial charge in [0.05, 0.1) is 6.61 Å². The summed E-state index contributed by atoms with van der Waals surface area (Å²) in [7, 11) is 0. The van der Waals surface area contributed by atoms with Gasteiger partial charge in [0.25, 0.3) is 5.91 Å². The lowest BCUT2D eigenvalue weighted by molar-refractivity contribution is -0.147. The van der Waals surface area contributed by atoms with Gasteiger partial charge in [0, 0.05) is 16.6 Å². The summed E-state index contributed by atoms with van der Waals surface area (Å²) in [4.78, 5) is 23.2. The zero-order chi connectivity index (χ0) is 18.1. The summed E-state index contributed by atoms with van der Waals surface area (Å²) in [5.41, 5.74) is 0.309. The summed E-state index contributed by atoms with van der Waals surface area (Å²) >= 11 is 3.33. The number of hydrogen-bond acceptors (Lipinski definition) is 4. The van der Waals surface area contributed by atoms with Crippen LogP contribution in [-0.4, -0.2) is 25.1 Å². The maximum atomic E-state index is 13.0. The summed E-state index contributed by atoms with van der Waals surface area (Å²) in [5.74, 6) is -0.759. The van der Waals surface area contributed by atoms with Crippen LogP contribution in [0.5, 0.6) is 5.75 Å². The molecule has 7 heteroatoms. The molecule has 0 saturated heterocycles. The third-order valence-electron chi connectivity index (χ3n) is 3.08. The molecule has 132 valence electrons. The first-order valence-electron chi connectivity index (χ1n) is 7.62. The van der Waals surface area contributed by atoms with Crippen LogP contribution in [0.3, 0.4) is 0 Å². The van der Waals surface area contributed by atoms with E-state index in [1.807, 2.05) is 24.3 Å². The van der Waals surface area contributed by atoms with E-state index in [9.17, 15) is 14.0 Å². The molecule has 0 aromatic heterocycles. The first kappa shape index (κ1) is 18.9. The smallest absolute Gasteiger partial charge is 0.306 e. The van der Waals surface area contributed by atoms with Crippen molar-refractivity contribution < 1.29 is 23.5 Å². The number of halogens is 2. The third kappa shape index (κ3) is 7.34. The largest absolute Gasteiger partial charge is 0.494 e. The van der Waals surface area contributed by atoms with E-state index in [1.54, 1.807) is 6.07 Å². The first-order chi connectivity index (χ1) is 12.0. The van der Waals surface area contributed by atoms with Crippen molar-refractivity contribution in [3.63, 3.8) is 0 Å². The monoisotopic (exact) mass is 409 g/mol. The predicted molar refractivity (Wildman–Crippen MR) is 94.9 cm³/mol. The molecule has 5 nitrogen and oxygen atoms in total. The van der Waals surface area contributed by atoms with E-state index in [2.05, 4.69) is 21.2 Å². The maximum Gasteiger partial charge on any atom is 0.306 e. The number of carbonyl (C=O) groups excluding carboxylic acids is 2. The van der Waals surface area contributed by atoms with Gasteiger partial charge >= 0.3 is 5.97 Å². The fourth-order valence-electron chi connectivity index (χ4n) is 1.92. The Morgan fingerprint density at radius 1 is 1.12 bits per heavy atom. The number of ether oxygens (including phenoxy) is 2. The van der Waals surface area contributed by atoms with E-state index >= 15 is 0 Å². The second-order valence-electron chi connectivity index (χ2n) is 5.13. The van der Waals surface area contributed by atoms with Gasteiger partial charge in [-0.05, 0) is 48.9 Å². The second kappa shape index (κ2) is 9.78. The summed E-state index contributed by atoms with van der Waals surface area (Å²) < 4.78 is 24.3. The number of amides is 1. The molecule has 0 radical (unpaired) electrons. The highest BCUT2D eigenvalue weighted by atomic mass is 79.9. The molecule has 1 amide bonds. The molecule has 0 unspecified atom stereocenters. The van der Waals surface area contributed by atoms with Crippen LogP contribution in [0.25, 0.3) is 0 Å². The molecule has 2 aromatic carbocycles. The minimum absolute atomic E-state index is 0.143. The normalized spacial score (nSPS) is 10.2. The highest BCUT2D eigenvalue weighted by Gasteiger charge is 2.08. The van der Waals surface area contributed by atoms with Crippen LogP contribution in [0.4, 0.5) is 10.1 Å². The van der Waals surface area contributed by atoms with Crippen molar-refractivity contribution in [3.05, 3.63) is 58.8 Å². The molecular weight excluding hydrogens is 393 g/mol. The molecular formula is C18H17BrFNO4. The van der Waals surface area contributed by atoms with Gasteiger partial charge < -0.3 is 14.8 Å². The molecule has 0 heterocycles. The van der Waals surface area contributed by atoms with Crippen molar-refractivity contribution in [3.8, 4) is 5.75 Å². The third-order valence-corrected chi connectivity index (χ3v) is 3.61. The topological polar surface area (TPSA) is 64.6 Å². The molecule has 0 atom stereocenters. The van der Waals surface area contributed by atoms with Gasteiger partial charge in [-0.3, -0.25) is 9.59 Å². The standard InChI is InChI=1S/C18H17BrFNO4/c19-13-6-8-16(9-7-13)24-10-2-5-18(23)25-12-17(22)21-15-4-1-3-14(20)11-15/h1,3-4,6-9,11H,2,5,10,12H2,(H,21,22). The van der Waals surface area contributed by atoms with Crippen LogP contribution >= 0.6 is 15.9 Å². The number of esters is 1. The molecule has 0 aliphatic heterocycles. The second-order valence-corrected chi connectivity index (χ2v) is 6.04. The average Bonchev–Trinajstić information content (AvgIpc) is 2.58. The minimum atomic E-state index is -0.523. The number of hydrogen-bond donors (Lipinski definition) is 1. The summed E-state index contributed by atoms with van der Waals surface area (Å²) in [6, 6.07) is 12.8. The van der Waals surface area contributed by atoms with Gasteiger partial charge in [0.15, 0.2) is 6.61 Å². The van der Waals surface area contributed by atoms with E-state index in [4.69, 9.17) is 9.47 Å². The molecule has 0 aliphatic rings. The zero-order valence-electron chi connectivity index (χ0n) is 13.3. The quantitative estimate of drug-likeness (QED) is 0.529. The molecule has 25 heavy (non-hydrogen) atoms. The SMILES string of the molecule is O=C(COC(=O)CCCOc1ccc(Br)cc1)Nc1cccc(F)c1. The van der Waals surface area contributed by atoms with Gasteiger partial charge in [-0.25, -0.2) is 4.39 Å². The lowest BCUT2D eigenvalue weighted by Crippen LogP contribution is -2.21. The molecule has 2 rings (SSSR count). The molecule has 0 spiro atoms. The Labute approximate surface area is 153 Å². The summed E-state index contributed by atoms with van der Waals surface area (Å²) in [6.45, 7) is -0.0465. The predicted octanol–water partition coefficient (Wildman–Crippen LogP) is 3.93. The van der Waals surface area contributed by atoms with Crippen LogP contribution in [0, 0.1) is 5.82 Å². The van der Waals surface area contributed by atoms with Crippen LogP contribution in [-0.2, 0) is 14.3 Å². The zero-order valence-corrected chi connectivity index (χ0v) is 14.9. The highest BCUT2D eigenvalue weighted by molar-refractivity contribution is 9.10. The van der Waals surface area contributed by atoms with E-state index < -0.39 is 24.3 Å². The molecule has 2 aromatic rings. The lowest BCUT2D eigenvalue weighted by Gasteiger charge is -2.08. The van der Waals surface area contributed by atoms with Gasteiger partial charge in [0.2, 0.25) is 0 Å². The molecule has 0 bridgehead atoms. The fourth-order valence-corrected chi connectivity index (χ4v) is 2.18. The minimum Gasteiger partial charge on any atom is -0.494 e. The number of rotatable bonds is 8. The fraction of sp³-hybridized carbons (Fsp3) is 0.222. The van der Waals surface area contributed by atoms with Crippen LogP contribution in [0.15, 0.2) is 53.0 Å². The van der Waals surface area contributed by atoms with Crippen LogP contribution < -0.4 is 10.1 Å². The Balaban J connectivity index is 1.60. The van der Waals surface area contributed by atoms with E-state index in [-0.39, 0.29) is 6.42 Å². The molecule has 0 aliphatic carbocycles. The Bertz CT molecular complexity index is 721. The average molecular weight is 410 g/mol. The van der Waals surface area contributed by atoms with Crippen LogP contribution in [0.2, 0.25) is 0 Å². The Hall–Kier alpha value is -2.41. The van der Waals surface area contributed by atoms with E-state index in [0.717, 1.165) is 4.47 Å². The van der Waals surface area contributed by atoms with Gasteiger partial charge in [-0.1, -0.05) is 22.0 Å². The summed E-state index contributed by atoms with van der Waals surface area (Å²) in [6.07, 6.45) is 0.615. The van der Waals surface area contributed by atoms with Crippen LogP contribution in [0.1, 0.15) is 12.8 Å². The first-order valence-corrected chi connectivity index (χ1v) is 8.41. The lowest BCUT2D eigenvalue weighted by atomic mass is 10.3. The van der Waals surface area contributed by atoms with E-state index in [1.165, 1.54) is 18.2 Å². The van der Waals surface area contributed by atoms with Gasteiger partial charge in [-0.2, -0.15) is 0 Å². The molecule has 1 N–H and O–H groups in total. The van der Waals surface area contributed by atoms with Crippen molar-refractivity contribution in [2.75, 3.05) is 18.5 Å². The van der Waals surface area contributed by atoms with Gasteiger partial charge in [0.1, 0.15) is 11.6 Å². The number of carbonyl (C=O) groups is 2. The van der Waals surface area contributed by atoms with Crippen molar-refractivity contribution >= 4 is 33.5 Å². The Morgan fingerprint density at radius 2 is 1.88 bits per heavy atom. The molecule has 0 fully saturated rings.